The Morgan fingerprint density at radius 3 is 2.32 bits per heavy atom. The van der Waals surface area contributed by atoms with Crippen LogP contribution in [0.15, 0.2) is 24.3 Å². The zero-order valence-corrected chi connectivity index (χ0v) is 12.1. The molecule has 0 aromatic heterocycles. The fraction of sp³-hybridized carbons (Fsp3) is 0.533. The van der Waals surface area contributed by atoms with E-state index in [1.807, 2.05) is 52.0 Å². The molecule has 2 atom stereocenters. The van der Waals surface area contributed by atoms with E-state index < -0.39 is 5.60 Å². The second kappa shape index (κ2) is 4.85. The van der Waals surface area contributed by atoms with E-state index in [1.165, 1.54) is 0 Å². The molecule has 1 amide bonds. The molecule has 0 radical (unpaired) electrons. The van der Waals surface area contributed by atoms with E-state index >= 15 is 0 Å². The minimum absolute atomic E-state index is 0.0454. The number of hydrogen-bond donors (Lipinski definition) is 0. The van der Waals surface area contributed by atoms with Crippen LogP contribution >= 0.6 is 0 Å². The second-order valence-corrected chi connectivity index (χ2v) is 5.78. The van der Waals surface area contributed by atoms with Crippen LogP contribution < -0.4 is 0 Å². The Morgan fingerprint density at radius 2 is 1.79 bits per heavy atom. The van der Waals surface area contributed by atoms with Gasteiger partial charge in [-0.2, -0.15) is 0 Å². The molecule has 1 aliphatic rings. The Morgan fingerprint density at radius 1 is 1.21 bits per heavy atom. The molecule has 2 rings (SSSR count). The minimum Gasteiger partial charge on any atom is -0.444 e. The molecule has 1 aromatic carbocycles. The van der Waals surface area contributed by atoms with E-state index in [0.717, 1.165) is 11.1 Å². The highest BCUT2D eigenvalue weighted by atomic mass is 16.6. The van der Waals surface area contributed by atoms with Crippen molar-refractivity contribution in [2.75, 3.05) is 7.11 Å². The van der Waals surface area contributed by atoms with Gasteiger partial charge in [-0.15, -0.1) is 0 Å². The highest BCUT2D eigenvalue weighted by Crippen LogP contribution is 2.42. The summed E-state index contributed by atoms with van der Waals surface area (Å²) in [5.74, 6) is 0. The van der Waals surface area contributed by atoms with E-state index in [1.54, 1.807) is 12.0 Å². The van der Waals surface area contributed by atoms with Gasteiger partial charge in [-0.1, -0.05) is 24.3 Å². The van der Waals surface area contributed by atoms with Gasteiger partial charge in [-0.05, 0) is 33.3 Å². The van der Waals surface area contributed by atoms with Gasteiger partial charge in [-0.3, -0.25) is 4.90 Å². The zero-order chi connectivity index (χ0) is 14.2. The topological polar surface area (TPSA) is 38.8 Å². The number of nitrogens with zero attached hydrogens (tertiary/aromatic N) is 1. The van der Waals surface area contributed by atoms with Crippen molar-refractivity contribution in [2.45, 2.75) is 45.6 Å². The van der Waals surface area contributed by atoms with Crippen LogP contribution in [0, 0.1) is 0 Å². The van der Waals surface area contributed by atoms with Crippen LogP contribution in [0.4, 0.5) is 4.79 Å². The third-order valence-electron chi connectivity index (χ3n) is 3.21. The summed E-state index contributed by atoms with van der Waals surface area (Å²) < 4.78 is 10.9. The predicted octanol–water partition coefficient (Wildman–Crippen LogP) is 3.64. The van der Waals surface area contributed by atoms with Gasteiger partial charge in [0.05, 0.1) is 6.04 Å². The van der Waals surface area contributed by atoms with E-state index in [0.29, 0.717) is 0 Å². The normalized spacial score (nSPS) is 22.3. The fourth-order valence-electron chi connectivity index (χ4n) is 2.43. The van der Waals surface area contributed by atoms with Gasteiger partial charge in [0.2, 0.25) is 0 Å². The molecule has 0 spiro atoms. The average Bonchev–Trinajstić information content (AvgIpc) is 2.60. The monoisotopic (exact) mass is 263 g/mol. The molecule has 0 saturated carbocycles. The van der Waals surface area contributed by atoms with Crippen molar-refractivity contribution in [3.8, 4) is 0 Å². The molecule has 19 heavy (non-hydrogen) atoms. The van der Waals surface area contributed by atoms with Crippen LogP contribution in [0.1, 0.15) is 51.1 Å². The molecule has 4 heteroatoms. The summed E-state index contributed by atoms with van der Waals surface area (Å²) in [5.41, 5.74) is 1.63. The van der Waals surface area contributed by atoms with Crippen molar-refractivity contribution in [3.63, 3.8) is 0 Å². The SMILES string of the molecule is COC1c2ccccc2C(C)N1C(=O)OC(C)(C)C. The summed E-state index contributed by atoms with van der Waals surface area (Å²) in [5, 5.41) is 0. The number of hydrogen-bond acceptors (Lipinski definition) is 3. The van der Waals surface area contributed by atoms with Crippen molar-refractivity contribution in [3.05, 3.63) is 35.4 Å². The molecule has 1 heterocycles. The summed E-state index contributed by atoms with van der Waals surface area (Å²) in [4.78, 5) is 14.0. The lowest BCUT2D eigenvalue weighted by molar-refractivity contribution is -0.0543. The highest BCUT2D eigenvalue weighted by Gasteiger charge is 2.41. The smallest absolute Gasteiger partial charge is 0.413 e. The van der Waals surface area contributed by atoms with Gasteiger partial charge in [0, 0.05) is 12.7 Å². The third kappa shape index (κ3) is 2.59. The van der Waals surface area contributed by atoms with Crippen molar-refractivity contribution < 1.29 is 14.3 Å². The van der Waals surface area contributed by atoms with Crippen molar-refractivity contribution in [1.82, 2.24) is 4.90 Å². The molecule has 0 N–H and O–H groups in total. The summed E-state index contributed by atoms with van der Waals surface area (Å²) >= 11 is 0. The maximum atomic E-state index is 12.3. The lowest BCUT2D eigenvalue weighted by Crippen LogP contribution is -2.37. The largest absolute Gasteiger partial charge is 0.444 e. The Labute approximate surface area is 114 Å². The van der Waals surface area contributed by atoms with Gasteiger partial charge in [0.1, 0.15) is 5.60 Å². The van der Waals surface area contributed by atoms with Gasteiger partial charge < -0.3 is 9.47 Å². The van der Waals surface area contributed by atoms with E-state index in [-0.39, 0.29) is 18.4 Å². The zero-order valence-electron chi connectivity index (χ0n) is 12.1. The van der Waals surface area contributed by atoms with Crippen LogP contribution in [0.5, 0.6) is 0 Å². The Kier molecular flexibility index (Phi) is 3.54. The third-order valence-corrected chi connectivity index (χ3v) is 3.21. The quantitative estimate of drug-likeness (QED) is 0.776. The Balaban J connectivity index is 2.30. The van der Waals surface area contributed by atoms with Crippen molar-refractivity contribution >= 4 is 6.09 Å². The second-order valence-electron chi connectivity index (χ2n) is 5.78. The van der Waals surface area contributed by atoms with E-state index in [9.17, 15) is 4.79 Å². The van der Waals surface area contributed by atoms with Crippen molar-refractivity contribution in [1.29, 1.82) is 0 Å². The highest BCUT2D eigenvalue weighted by molar-refractivity contribution is 5.71. The standard InChI is InChI=1S/C15H21NO3/c1-10-11-8-6-7-9-12(11)13(18-5)16(10)14(17)19-15(2,3)4/h6-10,13H,1-5H3. The van der Waals surface area contributed by atoms with E-state index in [4.69, 9.17) is 9.47 Å². The molecule has 0 saturated heterocycles. The lowest BCUT2D eigenvalue weighted by Gasteiger charge is -2.30. The predicted molar refractivity (Wildman–Crippen MR) is 72.7 cm³/mol. The Hall–Kier alpha value is -1.55. The van der Waals surface area contributed by atoms with Crippen LogP contribution in [-0.2, 0) is 9.47 Å². The molecular formula is C15H21NO3. The molecular weight excluding hydrogens is 242 g/mol. The number of rotatable bonds is 1. The molecule has 2 unspecified atom stereocenters. The lowest BCUT2D eigenvalue weighted by atomic mass is 10.1. The summed E-state index contributed by atoms with van der Waals surface area (Å²) in [6.07, 6.45) is -0.718. The first-order valence-corrected chi connectivity index (χ1v) is 6.48. The molecule has 0 bridgehead atoms. The number of fused-ring (bicyclic) bond motifs is 1. The first-order chi connectivity index (χ1) is 8.85. The number of ether oxygens (including phenoxy) is 2. The minimum atomic E-state index is -0.510. The average molecular weight is 263 g/mol. The summed E-state index contributed by atoms with van der Waals surface area (Å²) in [6, 6.07) is 7.90. The van der Waals surface area contributed by atoms with Crippen molar-refractivity contribution in [2.24, 2.45) is 0 Å². The summed E-state index contributed by atoms with van der Waals surface area (Å²) in [7, 11) is 1.61. The first kappa shape index (κ1) is 13.9. The van der Waals surface area contributed by atoms with Gasteiger partial charge in [-0.25, -0.2) is 4.79 Å². The maximum absolute atomic E-state index is 12.3. The molecule has 1 aliphatic heterocycles. The number of carbonyl (C=O) groups excluding carboxylic acids is 1. The maximum Gasteiger partial charge on any atom is 0.413 e. The summed E-state index contributed by atoms with van der Waals surface area (Å²) in [6.45, 7) is 7.57. The molecule has 0 fully saturated rings. The van der Waals surface area contributed by atoms with Gasteiger partial charge in [0.25, 0.3) is 0 Å². The molecule has 4 nitrogen and oxygen atoms in total. The number of methoxy groups -OCH3 is 1. The van der Waals surface area contributed by atoms with Gasteiger partial charge >= 0.3 is 6.09 Å². The van der Waals surface area contributed by atoms with Crippen LogP contribution in [0.3, 0.4) is 0 Å². The number of benzene rings is 1. The first-order valence-electron chi connectivity index (χ1n) is 6.48. The fourth-order valence-corrected chi connectivity index (χ4v) is 2.43. The van der Waals surface area contributed by atoms with Crippen LogP contribution in [0.2, 0.25) is 0 Å². The Bertz CT molecular complexity index is 479. The van der Waals surface area contributed by atoms with Gasteiger partial charge in [0.15, 0.2) is 6.23 Å². The molecule has 1 aromatic rings. The molecule has 104 valence electrons. The van der Waals surface area contributed by atoms with E-state index in [2.05, 4.69) is 0 Å². The molecule has 0 aliphatic carbocycles. The van der Waals surface area contributed by atoms with Crippen LogP contribution in [0.25, 0.3) is 0 Å². The number of carbonyl (C=O) groups is 1. The number of amides is 1. The van der Waals surface area contributed by atoms with Crippen LogP contribution in [-0.4, -0.2) is 23.7 Å².